The molecule has 9 heteroatoms. The molecule has 1 aromatic heterocycles. The summed E-state index contributed by atoms with van der Waals surface area (Å²) in [4.78, 5) is 30.6. The Bertz CT molecular complexity index is 592. The van der Waals surface area contributed by atoms with Gasteiger partial charge in [0.15, 0.2) is 5.13 Å². The minimum Gasteiger partial charge on any atom is -0.480 e. The fourth-order valence-corrected chi connectivity index (χ4v) is 5.19. The Balaban J connectivity index is 1.43. The summed E-state index contributed by atoms with van der Waals surface area (Å²) >= 11 is 3.45. The number of aryl methyl sites for hydroxylation is 1. The van der Waals surface area contributed by atoms with Crippen LogP contribution in [-0.2, 0) is 17.0 Å². The van der Waals surface area contributed by atoms with Crippen molar-refractivity contribution in [3.63, 3.8) is 0 Å². The lowest BCUT2D eigenvalue weighted by Gasteiger charge is -2.42. The number of nitrogens with one attached hydrogen (secondary N) is 2. The zero-order valence-corrected chi connectivity index (χ0v) is 15.2. The molecule has 1 saturated carbocycles. The maximum atomic E-state index is 12.1. The second kappa shape index (κ2) is 7.71. The summed E-state index contributed by atoms with van der Waals surface area (Å²) in [6.07, 6.45) is 2.56. The summed E-state index contributed by atoms with van der Waals surface area (Å²) in [5.41, 5.74) is 1.12. The van der Waals surface area contributed by atoms with Crippen LogP contribution >= 0.6 is 23.1 Å². The van der Waals surface area contributed by atoms with Gasteiger partial charge in [0.2, 0.25) is 0 Å². The van der Waals surface area contributed by atoms with Crippen LogP contribution in [0.1, 0.15) is 30.3 Å². The number of carboxylic acid groups (broad SMARTS) is 1. The molecular formula is C15H22N4O3S2. The van der Waals surface area contributed by atoms with E-state index in [4.69, 9.17) is 5.11 Å². The van der Waals surface area contributed by atoms with Crippen LogP contribution in [0.4, 0.5) is 9.93 Å². The Kier molecular flexibility index (Phi) is 5.62. The minimum absolute atomic E-state index is 0.0583. The van der Waals surface area contributed by atoms with Crippen LogP contribution in [-0.4, -0.2) is 57.9 Å². The number of carboxylic acids is 1. The van der Waals surface area contributed by atoms with Crippen LogP contribution in [0, 0.1) is 0 Å². The average Bonchev–Trinajstić information content (AvgIpc) is 2.90. The summed E-state index contributed by atoms with van der Waals surface area (Å²) < 4.78 is 0. The van der Waals surface area contributed by atoms with Crippen LogP contribution in [0.5, 0.6) is 0 Å². The second-order valence-corrected chi connectivity index (χ2v) is 8.26. The van der Waals surface area contributed by atoms with Crippen molar-refractivity contribution in [3.8, 4) is 0 Å². The first-order valence-corrected chi connectivity index (χ1v) is 10.1. The van der Waals surface area contributed by atoms with Gasteiger partial charge >= 0.3 is 12.0 Å². The van der Waals surface area contributed by atoms with E-state index < -0.39 is 5.97 Å². The van der Waals surface area contributed by atoms with E-state index in [1.807, 2.05) is 23.6 Å². The molecule has 0 aromatic carbocycles. The second-order valence-electron chi connectivity index (χ2n) is 6.07. The van der Waals surface area contributed by atoms with Gasteiger partial charge < -0.3 is 10.4 Å². The molecule has 0 atom stereocenters. The molecule has 0 saturated heterocycles. The largest absolute Gasteiger partial charge is 0.480 e. The number of fused-ring (bicyclic) bond motifs is 1. The molecule has 1 fully saturated rings. The van der Waals surface area contributed by atoms with Gasteiger partial charge in [0.25, 0.3) is 0 Å². The normalized spacial score (nSPS) is 22.6. The van der Waals surface area contributed by atoms with Gasteiger partial charge in [-0.05, 0) is 31.6 Å². The number of carbonyl (C=O) groups is 2. The monoisotopic (exact) mass is 370 g/mol. The molecule has 0 radical (unpaired) electrons. The van der Waals surface area contributed by atoms with Crippen molar-refractivity contribution in [2.75, 3.05) is 24.2 Å². The van der Waals surface area contributed by atoms with E-state index in [0.29, 0.717) is 11.7 Å². The molecule has 3 rings (SSSR count). The van der Waals surface area contributed by atoms with Crippen LogP contribution in [0.15, 0.2) is 0 Å². The molecule has 0 bridgehead atoms. The highest BCUT2D eigenvalue weighted by Gasteiger charge is 2.34. The van der Waals surface area contributed by atoms with Crippen LogP contribution in [0.3, 0.4) is 0 Å². The van der Waals surface area contributed by atoms with Gasteiger partial charge in [-0.15, -0.1) is 11.3 Å². The standard InChI is InChI=1S/C15H22N4O3S2/c1-2-19(7-13(20)21)10-5-9(6-10)16-14(22)18-15-17-11-3-4-23-8-12(11)24-15/h9-10H,2-8H2,1H3,(H,20,21)(H2,16,17,18,22). The van der Waals surface area contributed by atoms with E-state index >= 15 is 0 Å². The Hall–Kier alpha value is -1.32. The number of anilines is 1. The molecule has 1 aliphatic carbocycles. The number of urea groups is 1. The van der Waals surface area contributed by atoms with Crippen LogP contribution < -0.4 is 10.6 Å². The lowest BCUT2D eigenvalue weighted by Crippen LogP contribution is -2.55. The number of hydrogen-bond acceptors (Lipinski definition) is 6. The molecule has 1 aliphatic heterocycles. The maximum absolute atomic E-state index is 12.1. The number of nitrogens with zero attached hydrogens (tertiary/aromatic N) is 2. The fraction of sp³-hybridized carbons (Fsp3) is 0.667. The first-order valence-electron chi connectivity index (χ1n) is 8.14. The molecule has 0 spiro atoms. The third kappa shape index (κ3) is 4.20. The number of amides is 2. The number of likely N-dealkylation sites (N-methyl/N-ethyl adjacent to an activating group) is 1. The third-order valence-corrected chi connectivity index (χ3v) is 6.61. The third-order valence-electron chi connectivity index (χ3n) is 4.42. The van der Waals surface area contributed by atoms with Crippen molar-refractivity contribution < 1.29 is 14.7 Å². The maximum Gasteiger partial charge on any atom is 0.321 e. The number of carbonyl (C=O) groups excluding carboxylic acids is 1. The van der Waals surface area contributed by atoms with Crippen molar-refractivity contribution in [1.29, 1.82) is 0 Å². The van der Waals surface area contributed by atoms with Gasteiger partial charge in [-0.2, -0.15) is 11.8 Å². The van der Waals surface area contributed by atoms with Crippen molar-refractivity contribution in [1.82, 2.24) is 15.2 Å². The Morgan fingerprint density at radius 2 is 2.21 bits per heavy atom. The number of aromatic nitrogens is 1. The highest BCUT2D eigenvalue weighted by molar-refractivity contribution is 7.98. The molecule has 7 nitrogen and oxygen atoms in total. The zero-order valence-electron chi connectivity index (χ0n) is 13.6. The summed E-state index contributed by atoms with van der Waals surface area (Å²) in [5.74, 6) is 1.27. The van der Waals surface area contributed by atoms with Gasteiger partial charge in [0.05, 0.1) is 12.2 Å². The summed E-state index contributed by atoms with van der Waals surface area (Å²) in [7, 11) is 0. The van der Waals surface area contributed by atoms with E-state index in [-0.39, 0.29) is 24.7 Å². The first kappa shape index (κ1) is 17.5. The van der Waals surface area contributed by atoms with Crippen molar-refractivity contribution >= 4 is 40.2 Å². The topological polar surface area (TPSA) is 94.6 Å². The number of thioether (sulfide) groups is 1. The number of rotatable bonds is 6. The lowest BCUT2D eigenvalue weighted by molar-refractivity contribution is -0.139. The van der Waals surface area contributed by atoms with Gasteiger partial charge in [0, 0.05) is 22.7 Å². The SMILES string of the molecule is CCN(CC(=O)O)C1CC(NC(=O)Nc2nc3c(s2)CSCC3)C1. The smallest absolute Gasteiger partial charge is 0.321 e. The number of thiazole rings is 1. The molecule has 0 unspecified atom stereocenters. The van der Waals surface area contributed by atoms with Gasteiger partial charge in [-0.25, -0.2) is 9.78 Å². The van der Waals surface area contributed by atoms with E-state index in [9.17, 15) is 9.59 Å². The predicted molar refractivity (Wildman–Crippen MR) is 95.8 cm³/mol. The van der Waals surface area contributed by atoms with Crippen molar-refractivity contribution in [3.05, 3.63) is 10.6 Å². The molecule has 2 aliphatic rings. The van der Waals surface area contributed by atoms with E-state index in [1.165, 1.54) is 4.88 Å². The van der Waals surface area contributed by atoms with E-state index in [2.05, 4.69) is 15.6 Å². The first-order chi connectivity index (χ1) is 11.5. The quantitative estimate of drug-likeness (QED) is 0.709. The van der Waals surface area contributed by atoms with Gasteiger partial charge in [-0.1, -0.05) is 6.92 Å². The Morgan fingerprint density at radius 1 is 1.42 bits per heavy atom. The molecule has 2 heterocycles. The molecular weight excluding hydrogens is 348 g/mol. The fourth-order valence-electron chi connectivity index (χ4n) is 3.07. The van der Waals surface area contributed by atoms with Crippen molar-refractivity contribution in [2.24, 2.45) is 0 Å². The highest BCUT2D eigenvalue weighted by atomic mass is 32.2. The summed E-state index contributed by atoms with van der Waals surface area (Å²) in [5, 5.41) is 15.3. The lowest BCUT2D eigenvalue weighted by atomic mass is 9.85. The van der Waals surface area contributed by atoms with E-state index in [1.54, 1.807) is 11.3 Å². The minimum atomic E-state index is -0.808. The molecule has 24 heavy (non-hydrogen) atoms. The van der Waals surface area contributed by atoms with Crippen molar-refractivity contribution in [2.45, 2.75) is 44.0 Å². The molecule has 1 aromatic rings. The van der Waals surface area contributed by atoms with Gasteiger partial charge in [-0.3, -0.25) is 15.0 Å². The van der Waals surface area contributed by atoms with Gasteiger partial charge in [0.1, 0.15) is 0 Å². The molecule has 132 valence electrons. The summed E-state index contributed by atoms with van der Waals surface area (Å²) in [6.45, 7) is 2.72. The molecule has 3 N–H and O–H groups in total. The Labute approximate surface area is 149 Å². The summed E-state index contributed by atoms with van der Waals surface area (Å²) in [6, 6.07) is 0.113. The molecule has 2 amide bonds. The highest BCUT2D eigenvalue weighted by Crippen LogP contribution is 2.32. The Morgan fingerprint density at radius 3 is 2.88 bits per heavy atom. The van der Waals surface area contributed by atoms with Crippen LogP contribution in [0.25, 0.3) is 0 Å². The van der Waals surface area contributed by atoms with E-state index in [0.717, 1.165) is 36.5 Å². The average molecular weight is 371 g/mol. The van der Waals surface area contributed by atoms with Crippen LogP contribution in [0.2, 0.25) is 0 Å². The predicted octanol–water partition coefficient (Wildman–Crippen LogP) is 1.99. The number of aliphatic carboxylic acids is 1. The number of hydrogen-bond donors (Lipinski definition) is 3. The zero-order chi connectivity index (χ0) is 17.1.